The van der Waals surface area contributed by atoms with Crippen LogP contribution in [0.15, 0.2) is 24.3 Å². The molecule has 0 saturated carbocycles. The number of nitrogens with one attached hydrogen (secondary N) is 1. The highest BCUT2D eigenvalue weighted by Crippen LogP contribution is 2.23. The highest BCUT2D eigenvalue weighted by molar-refractivity contribution is 5.91. The number of rotatable bonds is 5. The number of likely N-dealkylation sites (tertiary alicyclic amines) is 1. The smallest absolute Gasteiger partial charge is 0.328 e. The van der Waals surface area contributed by atoms with Gasteiger partial charge in [0.25, 0.3) is 0 Å². The topological polar surface area (TPSA) is 95.9 Å². The number of nitrogens with zero attached hydrogens (tertiary/aromatic N) is 1. The highest BCUT2D eigenvalue weighted by atomic mass is 16.5. The van der Waals surface area contributed by atoms with Crippen molar-refractivity contribution in [1.29, 1.82) is 0 Å². The van der Waals surface area contributed by atoms with Crippen LogP contribution in [0.2, 0.25) is 0 Å². The number of carbonyl (C=O) groups excluding carboxylic acids is 3. The summed E-state index contributed by atoms with van der Waals surface area (Å²) in [6.07, 6.45) is -0.321. The monoisotopic (exact) mass is 390 g/mol. The normalized spacial score (nSPS) is 20.6. The Hall–Kier alpha value is -2.41. The molecule has 0 spiro atoms. The summed E-state index contributed by atoms with van der Waals surface area (Å²) in [6.45, 7) is 7.83. The molecule has 0 bridgehead atoms. The molecule has 2 N–H and O–H groups in total. The van der Waals surface area contributed by atoms with Crippen molar-refractivity contribution in [2.45, 2.75) is 64.1 Å². The van der Waals surface area contributed by atoms with Crippen LogP contribution in [0.25, 0.3) is 0 Å². The Balaban J connectivity index is 2.12. The number of hydrogen-bond acceptors (Lipinski definition) is 5. The molecule has 0 aliphatic carbocycles. The zero-order valence-corrected chi connectivity index (χ0v) is 17.2. The maximum Gasteiger partial charge on any atom is 0.328 e. The molecule has 1 aliphatic heterocycles. The third-order valence-corrected chi connectivity index (χ3v) is 5.05. The van der Waals surface area contributed by atoms with Crippen molar-refractivity contribution in [2.24, 2.45) is 0 Å². The SMILES string of the molecule is COC(=O)[C@@H](Cc1ccc(C(C)(C)C)cc1)NC(=O)[C@@H]1C[C@@H](O)CN1C(C)=O. The van der Waals surface area contributed by atoms with Gasteiger partial charge in [0.05, 0.1) is 13.2 Å². The standard InChI is InChI=1S/C21H30N2O5/c1-13(24)23-12-16(25)11-18(23)19(26)22-17(20(27)28-5)10-14-6-8-15(9-7-14)21(2,3)4/h6-9,16-18,25H,10-12H2,1-5H3,(H,22,26)/t16-,17-,18+/m1/s1. The van der Waals surface area contributed by atoms with Crippen molar-refractivity contribution in [2.75, 3.05) is 13.7 Å². The first-order valence-electron chi connectivity index (χ1n) is 9.45. The molecular formula is C21H30N2O5. The lowest BCUT2D eigenvalue weighted by Gasteiger charge is -2.25. The van der Waals surface area contributed by atoms with Gasteiger partial charge in [0, 0.05) is 26.3 Å². The van der Waals surface area contributed by atoms with E-state index in [0.29, 0.717) is 0 Å². The van der Waals surface area contributed by atoms with Crippen LogP contribution < -0.4 is 5.32 Å². The summed E-state index contributed by atoms with van der Waals surface area (Å²) in [4.78, 5) is 37.9. The number of hydrogen-bond donors (Lipinski definition) is 2. The van der Waals surface area contributed by atoms with Crippen LogP contribution in [0.3, 0.4) is 0 Å². The minimum Gasteiger partial charge on any atom is -0.467 e. The van der Waals surface area contributed by atoms with Gasteiger partial charge >= 0.3 is 5.97 Å². The minimum absolute atomic E-state index is 0.0218. The Morgan fingerprint density at radius 3 is 2.36 bits per heavy atom. The van der Waals surface area contributed by atoms with E-state index in [2.05, 4.69) is 26.1 Å². The molecule has 0 aromatic heterocycles. The Morgan fingerprint density at radius 2 is 1.86 bits per heavy atom. The summed E-state index contributed by atoms with van der Waals surface area (Å²) in [5.74, 6) is -1.31. The van der Waals surface area contributed by atoms with E-state index in [0.717, 1.165) is 5.56 Å². The molecule has 2 rings (SSSR count). The second kappa shape index (κ2) is 8.73. The van der Waals surface area contributed by atoms with Gasteiger partial charge in [0.15, 0.2) is 0 Å². The third-order valence-electron chi connectivity index (χ3n) is 5.05. The predicted octanol–water partition coefficient (Wildman–Crippen LogP) is 1.17. The molecule has 7 nitrogen and oxygen atoms in total. The van der Waals surface area contributed by atoms with Crippen LogP contribution in [0.4, 0.5) is 0 Å². The minimum atomic E-state index is -0.871. The lowest BCUT2D eigenvalue weighted by atomic mass is 9.86. The summed E-state index contributed by atoms with van der Waals surface area (Å²) in [5.41, 5.74) is 2.08. The van der Waals surface area contributed by atoms with Crippen LogP contribution in [-0.4, -0.2) is 59.6 Å². The van der Waals surface area contributed by atoms with Gasteiger partial charge in [-0.05, 0) is 16.5 Å². The first-order chi connectivity index (χ1) is 13.0. The second-order valence-corrected chi connectivity index (χ2v) is 8.31. The fourth-order valence-electron chi connectivity index (χ4n) is 3.39. The molecule has 0 unspecified atom stereocenters. The van der Waals surface area contributed by atoms with E-state index >= 15 is 0 Å². The van der Waals surface area contributed by atoms with E-state index in [9.17, 15) is 19.5 Å². The van der Waals surface area contributed by atoms with Crippen molar-refractivity contribution in [3.63, 3.8) is 0 Å². The highest BCUT2D eigenvalue weighted by Gasteiger charge is 2.38. The van der Waals surface area contributed by atoms with Crippen molar-refractivity contribution >= 4 is 17.8 Å². The number of carbonyl (C=O) groups is 3. The van der Waals surface area contributed by atoms with Crippen LogP contribution in [0, 0.1) is 0 Å². The van der Waals surface area contributed by atoms with Crippen molar-refractivity contribution in [3.05, 3.63) is 35.4 Å². The van der Waals surface area contributed by atoms with Crippen LogP contribution >= 0.6 is 0 Å². The van der Waals surface area contributed by atoms with Gasteiger partial charge in [-0.25, -0.2) is 4.79 Å². The van der Waals surface area contributed by atoms with E-state index in [1.54, 1.807) is 0 Å². The maximum absolute atomic E-state index is 12.7. The van der Waals surface area contributed by atoms with Gasteiger partial charge in [-0.15, -0.1) is 0 Å². The fourth-order valence-corrected chi connectivity index (χ4v) is 3.39. The molecule has 1 aromatic carbocycles. The van der Waals surface area contributed by atoms with Crippen molar-refractivity contribution < 1.29 is 24.2 Å². The van der Waals surface area contributed by atoms with Gasteiger partial charge in [-0.2, -0.15) is 0 Å². The zero-order chi connectivity index (χ0) is 21.1. The van der Waals surface area contributed by atoms with Gasteiger partial charge in [-0.3, -0.25) is 9.59 Å². The van der Waals surface area contributed by atoms with Crippen LogP contribution in [0.5, 0.6) is 0 Å². The molecule has 1 fully saturated rings. The van der Waals surface area contributed by atoms with Crippen LogP contribution in [0.1, 0.15) is 45.2 Å². The number of aliphatic hydroxyl groups excluding tert-OH is 1. The Bertz CT molecular complexity index is 723. The number of amides is 2. The lowest BCUT2D eigenvalue weighted by molar-refractivity contribution is -0.146. The molecule has 7 heteroatoms. The summed E-state index contributed by atoms with van der Waals surface area (Å²) < 4.78 is 4.84. The number of aliphatic hydroxyl groups is 1. The van der Waals surface area contributed by atoms with Crippen LogP contribution in [-0.2, 0) is 31.0 Å². The van der Waals surface area contributed by atoms with Gasteiger partial charge < -0.3 is 20.1 Å². The molecule has 1 aromatic rings. The van der Waals surface area contributed by atoms with Gasteiger partial charge in [-0.1, -0.05) is 45.0 Å². The predicted molar refractivity (Wildman–Crippen MR) is 105 cm³/mol. The van der Waals surface area contributed by atoms with E-state index in [-0.39, 0.29) is 30.7 Å². The van der Waals surface area contributed by atoms with E-state index in [4.69, 9.17) is 4.74 Å². The van der Waals surface area contributed by atoms with Gasteiger partial charge in [0.1, 0.15) is 12.1 Å². The summed E-state index contributed by atoms with van der Waals surface area (Å²) in [5, 5.41) is 12.5. The second-order valence-electron chi connectivity index (χ2n) is 8.31. The summed E-state index contributed by atoms with van der Waals surface area (Å²) in [6, 6.07) is 6.23. The zero-order valence-electron chi connectivity index (χ0n) is 17.2. The third kappa shape index (κ3) is 5.32. The largest absolute Gasteiger partial charge is 0.467 e. The fraction of sp³-hybridized carbons (Fsp3) is 0.571. The first kappa shape index (κ1) is 21.9. The Labute approximate surface area is 166 Å². The average molecular weight is 390 g/mol. The summed E-state index contributed by atoms with van der Waals surface area (Å²) >= 11 is 0. The van der Waals surface area contributed by atoms with E-state index in [1.165, 1.54) is 24.5 Å². The number of esters is 1. The summed E-state index contributed by atoms with van der Waals surface area (Å²) in [7, 11) is 1.27. The number of β-amino-alcohol motifs (C(OH)–C–C–N with tert-alkyl or cyclic N) is 1. The maximum atomic E-state index is 12.7. The van der Waals surface area contributed by atoms with E-state index < -0.39 is 30.1 Å². The number of methoxy groups -OCH3 is 1. The van der Waals surface area contributed by atoms with Crippen molar-refractivity contribution in [1.82, 2.24) is 10.2 Å². The molecule has 154 valence electrons. The Morgan fingerprint density at radius 1 is 1.25 bits per heavy atom. The number of ether oxygens (including phenoxy) is 1. The molecule has 1 saturated heterocycles. The van der Waals surface area contributed by atoms with Crippen molar-refractivity contribution in [3.8, 4) is 0 Å². The molecular weight excluding hydrogens is 360 g/mol. The quantitative estimate of drug-likeness (QED) is 0.736. The molecule has 2 amide bonds. The average Bonchev–Trinajstić information content (AvgIpc) is 3.02. The molecule has 0 radical (unpaired) electrons. The first-order valence-corrected chi connectivity index (χ1v) is 9.45. The molecule has 28 heavy (non-hydrogen) atoms. The molecule has 1 heterocycles. The van der Waals surface area contributed by atoms with Gasteiger partial charge in [0.2, 0.25) is 11.8 Å². The lowest BCUT2D eigenvalue weighted by Crippen LogP contribution is -2.51. The molecule has 1 aliphatic rings. The Kier molecular flexibility index (Phi) is 6.82. The van der Waals surface area contributed by atoms with E-state index in [1.807, 2.05) is 24.3 Å². The molecule has 3 atom stereocenters. The number of benzene rings is 1.